The average molecular weight is 246 g/mol. The Hall–Kier alpha value is -1.19. The van der Waals surface area contributed by atoms with E-state index in [4.69, 9.17) is 0 Å². The van der Waals surface area contributed by atoms with Crippen molar-refractivity contribution in [1.29, 1.82) is 0 Å². The van der Waals surface area contributed by atoms with E-state index in [1.165, 1.54) is 0 Å². The Bertz CT molecular complexity index is 369. The molecule has 1 aromatic carbocycles. The van der Waals surface area contributed by atoms with E-state index in [1.54, 1.807) is 0 Å². The Morgan fingerprint density at radius 3 is 2.28 bits per heavy atom. The van der Waals surface area contributed by atoms with Gasteiger partial charge in [-0.25, -0.2) is 0 Å². The fourth-order valence-electron chi connectivity index (χ4n) is 2.36. The van der Waals surface area contributed by atoms with Crippen LogP contribution in [0.25, 0.3) is 0 Å². The Kier molecular flexibility index (Phi) is 4.90. The molecule has 1 fully saturated rings. The first-order valence-electron chi connectivity index (χ1n) is 6.82. The van der Waals surface area contributed by atoms with Crippen LogP contribution in [0, 0.1) is 0 Å². The van der Waals surface area contributed by atoms with Gasteiger partial charge < -0.3 is 9.80 Å². The van der Waals surface area contributed by atoms with Crippen LogP contribution in [0.3, 0.4) is 0 Å². The van der Waals surface area contributed by atoms with Gasteiger partial charge >= 0.3 is 0 Å². The number of carbonyl (C=O) groups is 1. The van der Waals surface area contributed by atoms with Crippen molar-refractivity contribution in [2.75, 3.05) is 39.3 Å². The molecule has 0 N–H and O–H groups in total. The summed E-state index contributed by atoms with van der Waals surface area (Å²) in [7, 11) is 0. The molecule has 0 radical (unpaired) electrons. The van der Waals surface area contributed by atoms with Gasteiger partial charge in [0.15, 0.2) is 5.78 Å². The number of carbonyl (C=O) groups excluding carboxylic acids is 1. The lowest BCUT2D eigenvalue weighted by Gasteiger charge is -2.33. The SMILES string of the molecule is CCN1CCN(CCC(=O)c2ccccc2)CC1. The van der Waals surface area contributed by atoms with Crippen LogP contribution in [-0.2, 0) is 0 Å². The Labute approximate surface area is 109 Å². The highest BCUT2D eigenvalue weighted by Gasteiger charge is 2.16. The minimum absolute atomic E-state index is 0.258. The monoisotopic (exact) mass is 246 g/mol. The molecule has 1 saturated heterocycles. The fourth-order valence-corrected chi connectivity index (χ4v) is 2.36. The molecule has 1 aliphatic rings. The lowest BCUT2D eigenvalue weighted by atomic mass is 10.1. The molecule has 0 unspecified atom stereocenters. The van der Waals surface area contributed by atoms with Crippen molar-refractivity contribution >= 4 is 5.78 Å². The first-order valence-corrected chi connectivity index (χ1v) is 6.82. The average Bonchev–Trinajstić information content (AvgIpc) is 2.46. The number of Topliss-reactive ketones (excluding diaryl/α,β-unsaturated/α-hetero) is 1. The maximum absolute atomic E-state index is 12.0. The lowest BCUT2D eigenvalue weighted by molar-refractivity contribution is 0.0932. The van der Waals surface area contributed by atoms with Crippen LogP contribution in [-0.4, -0.2) is 54.9 Å². The van der Waals surface area contributed by atoms with Gasteiger partial charge in [-0.2, -0.15) is 0 Å². The molecule has 0 aromatic heterocycles. The van der Waals surface area contributed by atoms with Crippen molar-refractivity contribution < 1.29 is 4.79 Å². The van der Waals surface area contributed by atoms with Crippen molar-refractivity contribution in [3.63, 3.8) is 0 Å². The Morgan fingerprint density at radius 2 is 1.67 bits per heavy atom. The summed E-state index contributed by atoms with van der Waals surface area (Å²) < 4.78 is 0. The maximum atomic E-state index is 12.0. The minimum Gasteiger partial charge on any atom is -0.301 e. The van der Waals surface area contributed by atoms with Crippen molar-refractivity contribution in [3.8, 4) is 0 Å². The molecule has 1 heterocycles. The maximum Gasteiger partial charge on any atom is 0.164 e. The van der Waals surface area contributed by atoms with Gasteiger partial charge in [-0.05, 0) is 6.54 Å². The predicted molar refractivity (Wildman–Crippen MR) is 73.9 cm³/mol. The van der Waals surface area contributed by atoms with Gasteiger partial charge in [0.05, 0.1) is 0 Å². The van der Waals surface area contributed by atoms with E-state index in [-0.39, 0.29) is 5.78 Å². The highest BCUT2D eigenvalue weighted by Crippen LogP contribution is 2.06. The van der Waals surface area contributed by atoms with E-state index >= 15 is 0 Å². The van der Waals surface area contributed by atoms with E-state index in [0.717, 1.165) is 44.8 Å². The number of hydrogen-bond donors (Lipinski definition) is 0. The second-order valence-electron chi connectivity index (χ2n) is 4.82. The first-order chi connectivity index (χ1) is 8.79. The molecule has 0 bridgehead atoms. The molecule has 0 spiro atoms. The Balaban J connectivity index is 1.74. The van der Waals surface area contributed by atoms with Gasteiger partial charge in [-0.1, -0.05) is 37.3 Å². The minimum atomic E-state index is 0.258. The van der Waals surface area contributed by atoms with Crippen molar-refractivity contribution in [2.24, 2.45) is 0 Å². The first kappa shape index (κ1) is 13.2. The fraction of sp³-hybridized carbons (Fsp3) is 0.533. The van der Waals surface area contributed by atoms with Gasteiger partial charge in [0.25, 0.3) is 0 Å². The molecule has 0 aliphatic carbocycles. The highest BCUT2D eigenvalue weighted by atomic mass is 16.1. The molecule has 1 aliphatic heterocycles. The third-order valence-electron chi connectivity index (χ3n) is 3.66. The third-order valence-corrected chi connectivity index (χ3v) is 3.66. The molecule has 18 heavy (non-hydrogen) atoms. The number of hydrogen-bond acceptors (Lipinski definition) is 3. The molecule has 0 amide bonds. The normalized spacial score (nSPS) is 17.8. The van der Waals surface area contributed by atoms with Gasteiger partial charge in [-0.3, -0.25) is 4.79 Å². The summed E-state index contributed by atoms with van der Waals surface area (Å²) in [5.74, 6) is 0.258. The van der Waals surface area contributed by atoms with Crippen LogP contribution in [0.1, 0.15) is 23.7 Å². The van der Waals surface area contributed by atoms with Crippen molar-refractivity contribution in [2.45, 2.75) is 13.3 Å². The molecule has 98 valence electrons. The van der Waals surface area contributed by atoms with Crippen molar-refractivity contribution in [3.05, 3.63) is 35.9 Å². The molecular formula is C15H22N2O. The van der Waals surface area contributed by atoms with Gasteiger partial charge in [0, 0.05) is 44.7 Å². The van der Waals surface area contributed by atoms with Crippen LogP contribution >= 0.6 is 0 Å². The molecule has 2 rings (SSSR count). The van der Waals surface area contributed by atoms with Gasteiger partial charge in [0.1, 0.15) is 0 Å². The number of benzene rings is 1. The smallest absolute Gasteiger partial charge is 0.164 e. The predicted octanol–water partition coefficient (Wildman–Crippen LogP) is 1.90. The van der Waals surface area contributed by atoms with Crippen LogP contribution in [0.5, 0.6) is 0 Å². The van der Waals surface area contributed by atoms with Crippen LogP contribution in [0.4, 0.5) is 0 Å². The molecule has 0 saturated carbocycles. The number of nitrogens with zero attached hydrogens (tertiary/aromatic N) is 2. The largest absolute Gasteiger partial charge is 0.301 e. The number of likely N-dealkylation sites (N-methyl/N-ethyl adjacent to an activating group) is 1. The van der Waals surface area contributed by atoms with E-state index in [1.807, 2.05) is 30.3 Å². The second kappa shape index (κ2) is 6.66. The summed E-state index contributed by atoms with van der Waals surface area (Å²) in [5.41, 5.74) is 0.838. The number of rotatable bonds is 5. The van der Waals surface area contributed by atoms with E-state index in [2.05, 4.69) is 16.7 Å². The molecule has 3 heteroatoms. The van der Waals surface area contributed by atoms with Gasteiger partial charge in [0.2, 0.25) is 0 Å². The topological polar surface area (TPSA) is 23.6 Å². The summed E-state index contributed by atoms with van der Waals surface area (Å²) in [6.45, 7) is 8.69. The van der Waals surface area contributed by atoms with Crippen LogP contribution in [0.2, 0.25) is 0 Å². The standard InChI is InChI=1S/C15H22N2O/c1-2-16-10-12-17(13-11-16)9-8-15(18)14-6-4-3-5-7-14/h3-7H,2,8-13H2,1H3. The molecular weight excluding hydrogens is 224 g/mol. The zero-order valence-corrected chi connectivity index (χ0v) is 11.1. The Morgan fingerprint density at radius 1 is 1.06 bits per heavy atom. The second-order valence-corrected chi connectivity index (χ2v) is 4.82. The number of piperazine rings is 1. The number of ketones is 1. The van der Waals surface area contributed by atoms with Gasteiger partial charge in [-0.15, -0.1) is 0 Å². The molecule has 3 nitrogen and oxygen atoms in total. The van der Waals surface area contributed by atoms with Crippen LogP contribution < -0.4 is 0 Å². The summed E-state index contributed by atoms with van der Waals surface area (Å²) in [5, 5.41) is 0. The van der Waals surface area contributed by atoms with Crippen LogP contribution in [0.15, 0.2) is 30.3 Å². The molecule has 0 atom stereocenters. The molecule has 1 aromatic rings. The van der Waals surface area contributed by atoms with E-state index < -0.39 is 0 Å². The highest BCUT2D eigenvalue weighted by molar-refractivity contribution is 5.96. The summed E-state index contributed by atoms with van der Waals surface area (Å²) in [6, 6.07) is 9.59. The summed E-state index contributed by atoms with van der Waals surface area (Å²) in [6.07, 6.45) is 0.635. The quantitative estimate of drug-likeness (QED) is 0.741. The van der Waals surface area contributed by atoms with Crippen molar-refractivity contribution in [1.82, 2.24) is 9.80 Å². The summed E-state index contributed by atoms with van der Waals surface area (Å²) in [4.78, 5) is 16.8. The van der Waals surface area contributed by atoms with E-state index in [9.17, 15) is 4.79 Å². The zero-order valence-electron chi connectivity index (χ0n) is 11.1. The lowest BCUT2D eigenvalue weighted by Crippen LogP contribution is -2.46. The van der Waals surface area contributed by atoms with E-state index in [0.29, 0.717) is 6.42 Å². The summed E-state index contributed by atoms with van der Waals surface area (Å²) >= 11 is 0. The third kappa shape index (κ3) is 3.65. The zero-order chi connectivity index (χ0) is 12.8.